The van der Waals surface area contributed by atoms with E-state index < -0.39 is 34.3 Å². The van der Waals surface area contributed by atoms with Crippen LogP contribution in [0.1, 0.15) is 43.2 Å². The lowest BCUT2D eigenvalue weighted by atomic mass is 9.94. The molecule has 1 fully saturated rings. The van der Waals surface area contributed by atoms with Crippen molar-refractivity contribution in [3.8, 4) is 0 Å². The van der Waals surface area contributed by atoms with E-state index in [1.54, 1.807) is 48.5 Å². The third-order valence-electron chi connectivity index (χ3n) is 8.22. The molecule has 46 heavy (non-hydrogen) atoms. The highest BCUT2D eigenvalue weighted by Gasteiger charge is 2.36. The molecule has 7 nitrogen and oxygen atoms in total. The van der Waals surface area contributed by atoms with Gasteiger partial charge in [-0.25, -0.2) is 12.8 Å². The number of hydrogen-bond acceptors (Lipinski definition) is 4. The molecule has 2 amide bonds. The molecule has 4 aromatic rings. The van der Waals surface area contributed by atoms with Crippen LogP contribution in [0, 0.1) is 5.82 Å². The van der Waals surface area contributed by atoms with Crippen LogP contribution < -0.4 is 9.62 Å². The van der Waals surface area contributed by atoms with Crippen LogP contribution in [-0.2, 0) is 32.6 Å². The molecule has 10 heteroatoms. The number of carbonyl (C=O) groups is 2. The van der Waals surface area contributed by atoms with E-state index in [-0.39, 0.29) is 40.5 Å². The minimum atomic E-state index is -4.26. The van der Waals surface area contributed by atoms with Gasteiger partial charge in [-0.3, -0.25) is 13.9 Å². The molecule has 0 saturated heterocycles. The van der Waals surface area contributed by atoms with Crippen LogP contribution in [0.4, 0.5) is 10.1 Å². The summed E-state index contributed by atoms with van der Waals surface area (Å²) in [6.07, 6.45) is 5.04. The Kier molecular flexibility index (Phi) is 11.1. The maximum absolute atomic E-state index is 14.5. The Morgan fingerprint density at radius 1 is 0.804 bits per heavy atom. The molecule has 1 N–H and O–H groups in total. The summed E-state index contributed by atoms with van der Waals surface area (Å²) < 4.78 is 43.0. The first-order chi connectivity index (χ1) is 22.2. The van der Waals surface area contributed by atoms with Gasteiger partial charge in [-0.1, -0.05) is 104 Å². The van der Waals surface area contributed by atoms with Gasteiger partial charge in [0.2, 0.25) is 11.8 Å². The Labute approximate surface area is 275 Å². The number of carbonyl (C=O) groups excluding carboxylic acids is 2. The third-order valence-corrected chi connectivity index (χ3v) is 10.3. The Balaban J connectivity index is 1.56. The van der Waals surface area contributed by atoms with Crippen LogP contribution in [-0.4, -0.2) is 43.8 Å². The summed E-state index contributed by atoms with van der Waals surface area (Å²) in [5.41, 5.74) is 1.56. The zero-order chi connectivity index (χ0) is 32.5. The highest BCUT2D eigenvalue weighted by atomic mass is 35.5. The quantitative estimate of drug-likeness (QED) is 0.182. The van der Waals surface area contributed by atoms with Crippen LogP contribution in [0.15, 0.2) is 114 Å². The number of para-hydroxylation sites is 1. The van der Waals surface area contributed by atoms with Gasteiger partial charge in [0.05, 0.1) is 15.6 Å². The molecule has 1 aliphatic carbocycles. The number of benzene rings is 4. The molecule has 1 aliphatic rings. The fraction of sp³-hybridized carbons (Fsp3) is 0.278. The number of hydrogen-bond donors (Lipinski definition) is 1. The van der Waals surface area contributed by atoms with E-state index in [2.05, 4.69) is 5.32 Å². The van der Waals surface area contributed by atoms with Crippen molar-refractivity contribution >= 4 is 39.1 Å². The van der Waals surface area contributed by atoms with E-state index in [0.717, 1.165) is 42.0 Å². The number of rotatable bonds is 12. The number of nitrogens with zero attached hydrogens (tertiary/aromatic N) is 2. The number of anilines is 1. The molecule has 0 bridgehead atoms. The van der Waals surface area contributed by atoms with Crippen molar-refractivity contribution in [2.75, 3.05) is 10.8 Å². The molecule has 0 aromatic heterocycles. The van der Waals surface area contributed by atoms with Gasteiger partial charge in [0.25, 0.3) is 10.0 Å². The second-order valence-corrected chi connectivity index (χ2v) is 13.7. The van der Waals surface area contributed by atoms with Crippen LogP contribution in [0.25, 0.3) is 0 Å². The van der Waals surface area contributed by atoms with Gasteiger partial charge in [0, 0.05) is 19.0 Å². The first kappa shape index (κ1) is 33.2. The fourth-order valence-corrected chi connectivity index (χ4v) is 7.51. The zero-order valence-electron chi connectivity index (χ0n) is 25.4. The highest BCUT2D eigenvalue weighted by molar-refractivity contribution is 7.92. The molecule has 0 unspecified atom stereocenters. The highest BCUT2D eigenvalue weighted by Crippen LogP contribution is 2.31. The first-order valence-electron chi connectivity index (χ1n) is 15.4. The van der Waals surface area contributed by atoms with E-state index in [9.17, 15) is 22.4 Å². The predicted molar refractivity (Wildman–Crippen MR) is 178 cm³/mol. The van der Waals surface area contributed by atoms with Gasteiger partial charge in [-0.2, -0.15) is 0 Å². The molecule has 0 aliphatic heterocycles. The molecular formula is C36H37ClFN3O4S. The van der Waals surface area contributed by atoms with Gasteiger partial charge in [-0.15, -0.1) is 0 Å². The van der Waals surface area contributed by atoms with Gasteiger partial charge in [0.15, 0.2) is 0 Å². The monoisotopic (exact) mass is 661 g/mol. The normalized spacial score (nSPS) is 14.3. The Morgan fingerprint density at radius 2 is 1.41 bits per heavy atom. The summed E-state index contributed by atoms with van der Waals surface area (Å²) in [7, 11) is -4.26. The zero-order valence-corrected chi connectivity index (χ0v) is 27.0. The molecule has 4 aromatic carbocycles. The first-order valence-corrected chi connectivity index (χ1v) is 17.2. The average Bonchev–Trinajstić information content (AvgIpc) is 3.07. The summed E-state index contributed by atoms with van der Waals surface area (Å²) >= 11 is 6.52. The summed E-state index contributed by atoms with van der Waals surface area (Å²) in [6.45, 7) is -0.666. The second kappa shape index (κ2) is 15.4. The average molecular weight is 662 g/mol. The third kappa shape index (κ3) is 8.33. The van der Waals surface area contributed by atoms with Crippen molar-refractivity contribution in [2.45, 2.75) is 62.0 Å². The SMILES string of the molecule is O=C(NC1CCCCC1)[C@H](Cc1ccccc1)N(Cc1ccc(F)cc1)C(=O)CN(c1ccccc1Cl)S(=O)(=O)c1ccccc1. The van der Waals surface area contributed by atoms with Crippen LogP contribution in [0.2, 0.25) is 5.02 Å². The van der Waals surface area contributed by atoms with Crippen molar-refractivity contribution < 1.29 is 22.4 Å². The van der Waals surface area contributed by atoms with Crippen molar-refractivity contribution in [3.05, 3.63) is 131 Å². The molecule has 5 rings (SSSR count). The molecule has 1 saturated carbocycles. The van der Waals surface area contributed by atoms with E-state index in [1.807, 2.05) is 30.3 Å². The summed E-state index contributed by atoms with van der Waals surface area (Å²) in [6, 6.07) is 28.3. The molecular weight excluding hydrogens is 625 g/mol. The van der Waals surface area contributed by atoms with Gasteiger partial charge in [0.1, 0.15) is 18.4 Å². The maximum Gasteiger partial charge on any atom is 0.264 e. The van der Waals surface area contributed by atoms with Crippen molar-refractivity contribution in [1.82, 2.24) is 10.2 Å². The van der Waals surface area contributed by atoms with Gasteiger partial charge in [-0.05, 0) is 60.4 Å². The number of sulfonamides is 1. The van der Waals surface area contributed by atoms with Crippen molar-refractivity contribution in [2.24, 2.45) is 0 Å². The molecule has 0 heterocycles. The van der Waals surface area contributed by atoms with Gasteiger partial charge >= 0.3 is 0 Å². The lowest BCUT2D eigenvalue weighted by Gasteiger charge is -2.35. The van der Waals surface area contributed by atoms with E-state index in [4.69, 9.17) is 11.6 Å². The number of nitrogens with one attached hydrogen (secondary N) is 1. The number of amides is 2. The largest absolute Gasteiger partial charge is 0.352 e. The molecule has 240 valence electrons. The minimum absolute atomic E-state index is 0.0105. The molecule has 1 atom stereocenters. The fourth-order valence-electron chi connectivity index (χ4n) is 5.77. The summed E-state index contributed by atoms with van der Waals surface area (Å²) in [5.74, 6) is -1.36. The van der Waals surface area contributed by atoms with Crippen LogP contribution in [0.3, 0.4) is 0 Å². The van der Waals surface area contributed by atoms with Crippen LogP contribution >= 0.6 is 11.6 Å². The smallest absolute Gasteiger partial charge is 0.264 e. The summed E-state index contributed by atoms with van der Waals surface area (Å²) in [4.78, 5) is 30.0. The lowest BCUT2D eigenvalue weighted by Crippen LogP contribution is -2.55. The minimum Gasteiger partial charge on any atom is -0.352 e. The molecule has 0 radical (unpaired) electrons. The topological polar surface area (TPSA) is 86.8 Å². The Bertz CT molecular complexity index is 1720. The Hall–Kier alpha value is -4.21. The van der Waals surface area contributed by atoms with Crippen LogP contribution in [0.5, 0.6) is 0 Å². The van der Waals surface area contributed by atoms with E-state index in [0.29, 0.717) is 5.56 Å². The number of halogens is 2. The molecule has 0 spiro atoms. The Morgan fingerprint density at radius 3 is 2.07 bits per heavy atom. The predicted octanol–water partition coefficient (Wildman–Crippen LogP) is 6.76. The van der Waals surface area contributed by atoms with Crippen molar-refractivity contribution in [3.63, 3.8) is 0 Å². The van der Waals surface area contributed by atoms with Gasteiger partial charge < -0.3 is 10.2 Å². The summed E-state index contributed by atoms with van der Waals surface area (Å²) in [5, 5.41) is 3.32. The van der Waals surface area contributed by atoms with E-state index >= 15 is 0 Å². The lowest BCUT2D eigenvalue weighted by molar-refractivity contribution is -0.140. The maximum atomic E-state index is 14.5. The van der Waals surface area contributed by atoms with E-state index in [1.165, 1.54) is 35.2 Å². The standard InChI is InChI=1S/C36H37ClFN3O4S/c37-32-18-10-11-19-33(32)41(46(44,45)31-16-8-3-9-17-31)26-35(42)40(25-28-20-22-29(38)23-21-28)34(24-27-12-4-1-5-13-27)36(43)39-30-14-6-2-7-15-30/h1,3-5,8-13,16-23,30,34H,2,6-7,14-15,24-26H2,(H,39,43)/t34-/m0/s1. The van der Waals surface area contributed by atoms with Crippen molar-refractivity contribution in [1.29, 1.82) is 0 Å². The second-order valence-electron chi connectivity index (χ2n) is 11.5.